The molecule has 1 aliphatic heterocycles. The summed E-state index contributed by atoms with van der Waals surface area (Å²) in [5, 5.41) is 21.9. The third kappa shape index (κ3) is 5.27. The van der Waals surface area contributed by atoms with E-state index in [2.05, 4.69) is 10.2 Å². The molecule has 0 saturated carbocycles. The first-order valence-electron chi connectivity index (χ1n) is 9.42. The molecule has 0 aliphatic carbocycles. The van der Waals surface area contributed by atoms with Crippen LogP contribution in [0.2, 0.25) is 0 Å². The fourth-order valence-corrected chi connectivity index (χ4v) is 2.98. The van der Waals surface area contributed by atoms with Crippen LogP contribution in [0.5, 0.6) is 11.5 Å². The molecule has 2 aromatic carbocycles. The van der Waals surface area contributed by atoms with Gasteiger partial charge < -0.3 is 24.8 Å². The summed E-state index contributed by atoms with van der Waals surface area (Å²) >= 11 is 0. The van der Waals surface area contributed by atoms with Gasteiger partial charge in [0.2, 0.25) is 0 Å². The van der Waals surface area contributed by atoms with Gasteiger partial charge in [-0.15, -0.1) is 0 Å². The van der Waals surface area contributed by atoms with Crippen LogP contribution in [0.4, 0.5) is 11.4 Å². The van der Waals surface area contributed by atoms with Crippen molar-refractivity contribution in [1.82, 2.24) is 0 Å². The smallest absolute Gasteiger partial charge is 0.266 e. The molecule has 0 bridgehead atoms. The van der Waals surface area contributed by atoms with Crippen molar-refractivity contribution in [3.05, 3.63) is 53.6 Å². The first kappa shape index (κ1) is 20.2. The number of phenolic OH excluding ortho intramolecular Hbond substituents is 1. The van der Waals surface area contributed by atoms with E-state index < -0.39 is 5.91 Å². The van der Waals surface area contributed by atoms with E-state index in [1.54, 1.807) is 19.1 Å². The van der Waals surface area contributed by atoms with Crippen LogP contribution in [-0.4, -0.2) is 43.9 Å². The SMILES string of the molecule is CCOc1cc(/C=C(\C#N)C(=O)Nc2ccc(N3CCOCC3)cc2)ccc1O. The number of phenols is 1. The summed E-state index contributed by atoms with van der Waals surface area (Å²) < 4.78 is 10.7. The van der Waals surface area contributed by atoms with Gasteiger partial charge in [0.15, 0.2) is 11.5 Å². The highest BCUT2D eigenvalue weighted by Crippen LogP contribution is 2.28. The Morgan fingerprint density at radius 1 is 1.28 bits per heavy atom. The number of benzene rings is 2. The molecule has 1 amide bonds. The zero-order valence-electron chi connectivity index (χ0n) is 16.2. The maximum Gasteiger partial charge on any atom is 0.266 e. The number of hydrogen-bond acceptors (Lipinski definition) is 6. The Kier molecular flexibility index (Phi) is 6.72. The van der Waals surface area contributed by atoms with Gasteiger partial charge in [0.1, 0.15) is 11.6 Å². The van der Waals surface area contributed by atoms with E-state index >= 15 is 0 Å². The molecule has 2 aromatic rings. The minimum absolute atomic E-state index is 0.00677. The fraction of sp³-hybridized carbons (Fsp3) is 0.273. The summed E-state index contributed by atoms with van der Waals surface area (Å²) in [6, 6.07) is 14.1. The predicted octanol–water partition coefficient (Wildman–Crippen LogP) is 3.17. The number of nitrogens with one attached hydrogen (secondary N) is 1. The average molecular weight is 393 g/mol. The number of hydrogen-bond donors (Lipinski definition) is 2. The Morgan fingerprint density at radius 2 is 2.00 bits per heavy atom. The van der Waals surface area contributed by atoms with Gasteiger partial charge in [0.05, 0.1) is 19.8 Å². The van der Waals surface area contributed by atoms with Crippen LogP contribution >= 0.6 is 0 Å². The van der Waals surface area contributed by atoms with Gasteiger partial charge >= 0.3 is 0 Å². The maximum absolute atomic E-state index is 12.5. The minimum atomic E-state index is -0.502. The first-order valence-corrected chi connectivity index (χ1v) is 9.42. The van der Waals surface area contributed by atoms with Gasteiger partial charge in [-0.3, -0.25) is 4.79 Å². The Balaban J connectivity index is 1.70. The molecule has 1 heterocycles. The molecule has 7 heteroatoms. The van der Waals surface area contributed by atoms with Crippen LogP contribution in [0.25, 0.3) is 6.08 Å². The Hall–Kier alpha value is -3.50. The Labute approximate surface area is 169 Å². The molecule has 0 aromatic heterocycles. The summed E-state index contributed by atoms with van der Waals surface area (Å²) in [6.45, 7) is 5.29. The summed E-state index contributed by atoms with van der Waals surface area (Å²) in [4.78, 5) is 14.7. The number of ether oxygens (including phenoxy) is 2. The molecule has 3 rings (SSSR count). The number of morpholine rings is 1. The molecule has 0 spiro atoms. The van der Waals surface area contributed by atoms with E-state index in [0.717, 1.165) is 18.8 Å². The summed E-state index contributed by atoms with van der Waals surface area (Å²) in [5.41, 5.74) is 2.21. The van der Waals surface area contributed by atoms with Gasteiger partial charge in [-0.05, 0) is 55.0 Å². The van der Waals surface area contributed by atoms with E-state index in [1.165, 1.54) is 12.1 Å². The van der Waals surface area contributed by atoms with Crippen LogP contribution in [0.3, 0.4) is 0 Å². The predicted molar refractivity (Wildman–Crippen MR) is 111 cm³/mol. The average Bonchev–Trinajstić information content (AvgIpc) is 2.75. The maximum atomic E-state index is 12.5. The van der Waals surface area contributed by atoms with Crippen molar-refractivity contribution in [3.8, 4) is 17.6 Å². The van der Waals surface area contributed by atoms with E-state index in [0.29, 0.717) is 36.8 Å². The number of carbonyl (C=O) groups is 1. The lowest BCUT2D eigenvalue weighted by Crippen LogP contribution is -2.36. The Morgan fingerprint density at radius 3 is 2.66 bits per heavy atom. The zero-order chi connectivity index (χ0) is 20.6. The highest BCUT2D eigenvalue weighted by atomic mass is 16.5. The molecule has 150 valence electrons. The van der Waals surface area contributed by atoms with Crippen molar-refractivity contribution in [2.45, 2.75) is 6.92 Å². The number of aromatic hydroxyl groups is 1. The van der Waals surface area contributed by atoms with Gasteiger partial charge in [0.25, 0.3) is 5.91 Å². The standard InChI is InChI=1S/C22H23N3O4/c1-2-29-21-14-16(3-8-20(21)26)13-17(15-23)22(27)24-18-4-6-19(7-5-18)25-9-11-28-12-10-25/h3-8,13-14,26H,2,9-12H2,1H3,(H,24,27)/b17-13+. The molecule has 7 nitrogen and oxygen atoms in total. The fourth-order valence-electron chi connectivity index (χ4n) is 2.98. The summed E-state index contributed by atoms with van der Waals surface area (Å²) in [6.07, 6.45) is 1.46. The number of nitrogens with zero attached hydrogens (tertiary/aromatic N) is 2. The van der Waals surface area contributed by atoms with E-state index in [1.807, 2.05) is 30.3 Å². The summed E-state index contributed by atoms with van der Waals surface area (Å²) in [7, 11) is 0. The van der Waals surface area contributed by atoms with Crippen LogP contribution in [0.15, 0.2) is 48.0 Å². The van der Waals surface area contributed by atoms with Crippen molar-refractivity contribution >= 4 is 23.4 Å². The van der Waals surface area contributed by atoms with Gasteiger partial charge in [-0.2, -0.15) is 5.26 Å². The molecular formula is C22H23N3O4. The van der Waals surface area contributed by atoms with Crippen LogP contribution < -0.4 is 15.0 Å². The van der Waals surface area contributed by atoms with Crippen molar-refractivity contribution in [1.29, 1.82) is 5.26 Å². The number of nitriles is 1. The largest absolute Gasteiger partial charge is 0.504 e. The summed E-state index contributed by atoms with van der Waals surface area (Å²) in [5.74, 6) is -0.192. The molecule has 1 aliphatic rings. The monoisotopic (exact) mass is 393 g/mol. The van der Waals surface area contributed by atoms with Gasteiger partial charge in [0, 0.05) is 24.5 Å². The second-order valence-electron chi connectivity index (χ2n) is 6.43. The highest BCUT2D eigenvalue weighted by molar-refractivity contribution is 6.09. The zero-order valence-corrected chi connectivity index (χ0v) is 16.2. The minimum Gasteiger partial charge on any atom is -0.504 e. The van der Waals surface area contributed by atoms with Gasteiger partial charge in [-0.1, -0.05) is 6.07 Å². The number of anilines is 2. The van der Waals surface area contributed by atoms with Crippen LogP contribution in [-0.2, 0) is 9.53 Å². The lowest BCUT2D eigenvalue weighted by atomic mass is 10.1. The third-order valence-corrected chi connectivity index (χ3v) is 4.46. The second-order valence-corrected chi connectivity index (χ2v) is 6.43. The van der Waals surface area contributed by atoms with Crippen molar-refractivity contribution < 1.29 is 19.4 Å². The molecule has 1 saturated heterocycles. The van der Waals surface area contributed by atoms with Crippen LogP contribution in [0.1, 0.15) is 12.5 Å². The molecule has 2 N–H and O–H groups in total. The quantitative estimate of drug-likeness (QED) is 0.578. The normalized spacial score (nSPS) is 14.2. The molecular weight excluding hydrogens is 370 g/mol. The molecule has 0 atom stereocenters. The number of carbonyl (C=O) groups excluding carboxylic acids is 1. The van der Waals surface area contributed by atoms with E-state index in [-0.39, 0.29) is 11.3 Å². The lowest BCUT2D eigenvalue weighted by molar-refractivity contribution is -0.112. The van der Waals surface area contributed by atoms with Crippen LogP contribution in [0, 0.1) is 11.3 Å². The van der Waals surface area contributed by atoms with E-state index in [4.69, 9.17) is 9.47 Å². The molecule has 29 heavy (non-hydrogen) atoms. The van der Waals surface area contributed by atoms with Gasteiger partial charge in [-0.25, -0.2) is 0 Å². The van der Waals surface area contributed by atoms with Crippen molar-refractivity contribution in [2.24, 2.45) is 0 Å². The van der Waals surface area contributed by atoms with Crippen molar-refractivity contribution in [3.63, 3.8) is 0 Å². The lowest BCUT2D eigenvalue weighted by Gasteiger charge is -2.28. The second kappa shape index (κ2) is 9.62. The molecule has 0 radical (unpaired) electrons. The van der Waals surface area contributed by atoms with Crippen molar-refractivity contribution in [2.75, 3.05) is 43.1 Å². The topological polar surface area (TPSA) is 94.8 Å². The number of amides is 1. The molecule has 1 fully saturated rings. The molecule has 0 unspecified atom stereocenters. The number of rotatable bonds is 6. The highest BCUT2D eigenvalue weighted by Gasteiger charge is 2.13. The third-order valence-electron chi connectivity index (χ3n) is 4.46. The Bertz CT molecular complexity index is 926. The van der Waals surface area contributed by atoms with E-state index in [9.17, 15) is 15.2 Å². The first-order chi connectivity index (χ1) is 14.1.